The minimum Gasteiger partial charge on any atom is -0.383 e. The van der Waals surface area contributed by atoms with E-state index in [9.17, 15) is 4.79 Å². The fourth-order valence-electron chi connectivity index (χ4n) is 1.93. The number of hydrogen-bond donors (Lipinski definition) is 0. The van der Waals surface area contributed by atoms with Crippen LogP contribution in [0.5, 0.6) is 0 Å². The van der Waals surface area contributed by atoms with Crippen LogP contribution in [0.25, 0.3) is 0 Å². The predicted molar refractivity (Wildman–Crippen MR) is 76.4 cm³/mol. The molecule has 1 amide bonds. The van der Waals surface area contributed by atoms with Gasteiger partial charge in [-0.3, -0.25) is 4.79 Å². The standard InChI is InChI=1S/C14H23NO2S/c1-10(2)9-15(6-7-17-5)14(16)13-8-11(3)18-12(13)4/h8,10H,6-7,9H2,1-5H3. The lowest BCUT2D eigenvalue weighted by atomic mass is 10.1. The molecule has 0 unspecified atom stereocenters. The van der Waals surface area contributed by atoms with Crippen molar-refractivity contribution in [3.63, 3.8) is 0 Å². The smallest absolute Gasteiger partial charge is 0.255 e. The fraction of sp³-hybridized carbons (Fsp3) is 0.643. The molecule has 1 rings (SSSR count). The monoisotopic (exact) mass is 269 g/mol. The van der Waals surface area contributed by atoms with Crippen LogP contribution in [0.4, 0.5) is 0 Å². The van der Waals surface area contributed by atoms with Crippen molar-refractivity contribution in [1.82, 2.24) is 4.90 Å². The van der Waals surface area contributed by atoms with E-state index in [1.165, 1.54) is 4.88 Å². The average Bonchev–Trinajstić information content (AvgIpc) is 2.62. The van der Waals surface area contributed by atoms with Crippen molar-refractivity contribution in [2.75, 3.05) is 26.8 Å². The SMILES string of the molecule is COCCN(CC(C)C)C(=O)c1cc(C)sc1C. The molecular weight excluding hydrogens is 246 g/mol. The van der Waals surface area contributed by atoms with E-state index in [1.54, 1.807) is 18.4 Å². The van der Waals surface area contributed by atoms with Gasteiger partial charge in [-0.1, -0.05) is 13.8 Å². The van der Waals surface area contributed by atoms with Gasteiger partial charge in [-0.05, 0) is 25.8 Å². The summed E-state index contributed by atoms with van der Waals surface area (Å²) in [6, 6.07) is 1.99. The molecule has 0 spiro atoms. The summed E-state index contributed by atoms with van der Waals surface area (Å²) in [7, 11) is 1.66. The van der Waals surface area contributed by atoms with Crippen molar-refractivity contribution in [2.24, 2.45) is 5.92 Å². The van der Waals surface area contributed by atoms with Gasteiger partial charge >= 0.3 is 0 Å². The zero-order valence-corrected chi connectivity index (χ0v) is 12.8. The van der Waals surface area contributed by atoms with Crippen molar-refractivity contribution in [3.05, 3.63) is 21.4 Å². The number of methoxy groups -OCH3 is 1. The zero-order chi connectivity index (χ0) is 13.7. The molecule has 4 heteroatoms. The van der Waals surface area contributed by atoms with Crippen LogP contribution >= 0.6 is 11.3 Å². The van der Waals surface area contributed by atoms with Crippen LogP contribution in [0.15, 0.2) is 6.07 Å². The number of thiophene rings is 1. The first-order valence-corrected chi connectivity index (χ1v) is 7.12. The highest BCUT2D eigenvalue weighted by atomic mass is 32.1. The van der Waals surface area contributed by atoms with E-state index in [-0.39, 0.29) is 5.91 Å². The minimum absolute atomic E-state index is 0.127. The molecule has 0 bridgehead atoms. The van der Waals surface area contributed by atoms with Crippen LogP contribution in [0.3, 0.4) is 0 Å². The third-order valence-electron chi connectivity index (χ3n) is 2.71. The number of hydrogen-bond acceptors (Lipinski definition) is 3. The second-order valence-corrected chi connectivity index (χ2v) is 6.43. The molecule has 0 aliphatic rings. The van der Waals surface area contributed by atoms with Crippen LogP contribution in [0, 0.1) is 19.8 Å². The summed E-state index contributed by atoms with van der Waals surface area (Å²) < 4.78 is 5.08. The highest BCUT2D eigenvalue weighted by Crippen LogP contribution is 2.22. The third kappa shape index (κ3) is 4.10. The van der Waals surface area contributed by atoms with Gasteiger partial charge in [0.2, 0.25) is 0 Å². The van der Waals surface area contributed by atoms with E-state index < -0.39 is 0 Å². The van der Waals surface area contributed by atoms with Gasteiger partial charge in [0.1, 0.15) is 0 Å². The molecule has 0 aromatic carbocycles. The van der Waals surface area contributed by atoms with Crippen molar-refractivity contribution in [3.8, 4) is 0 Å². The van der Waals surface area contributed by atoms with Gasteiger partial charge in [0.05, 0.1) is 12.2 Å². The Morgan fingerprint density at radius 3 is 2.56 bits per heavy atom. The Morgan fingerprint density at radius 1 is 1.44 bits per heavy atom. The van der Waals surface area contributed by atoms with Gasteiger partial charge in [0.25, 0.3) is 5.91 Å². The van der Waals surface area contributed by atoms with E-state index in [0.717, 1.165) is 17.0 Å². The molecule has 0 fully saturated rings. The molecule has 0 saturated carbocycles. The molecule has 18 heavy (non-hydrogen) atoms. The zero-order valence-electron chi connectivity index (χ0n) is 11.9. The Labute approximate surface area is 114 Å². The molecule has 0 saturated heterocycles. The van der Waals surface area contributed by atoms with E-state index in [2.05, 4.69) is 13.8 Å². The number of amides is 1. The summed E-state index contributed by atoms with van der Waals surface area (Å²) in [5, 5.41) is 0. The molecular formula is C14H23NO2S. The number of aryl methyl sites for hydroxylation is 2. The molecule has 3 nitrogen and oxygen atoms in total. The fourth-order valence-corrected chi connectivity index (χ4v) is 2.85. The van der Waals surface area contributed by atoms with Crippen LogP contribution in [-0.4, -0.2) is 37.6 Å². The van der Waals surface area contributed by atoms with E-state index in [4.69, 9.17) is 4.74 Å². The Morgan fingerprint density at radius 2 is 2.11 bits per heavy atom. The molecule has 1 aromatic heterocycles. The quantitative estimate of drug-likeness (QED) is 0.794. The van der Waals surface area contributed by atoms with Crippen LogP contribution in [0.2, 0.25) is 0 Å². The minimum atomic E-state index is 0.127. The number of carbonyl (C=O) groups excluding carboxylic acids is 1. The van der Waals surface area contributed by atoms with Crippen molar-refractivity contribution in [2.45, 2.75) is 27.7 Å². The van der Waals surface area contributed by atoms with Crippen molar-refractivity contribution < 1.29 is 9.53 Å². The largest absolute Gasteiger partial charge is 0.383 e. The summed E-state index contributed by atoms with van der Waals surface area (Å²) in [6.07, 6.45) is 0. The summed E-state index contributed by atoms with van der Waals surface area (Å²) in [4.78, 5) is 16.7. The van der Waals surface area contributed by atoms with E-state index >= 15 is 0 Å². The summed E-state index contributed by atoms with van der Waals surface area (Å²) in [5.41, 5.74) is 0.842. The number of carbonyl (C=O) groups is 1. The van der Waals surface area contributed by atoms with Gasteiger partial charge in [-0.25, -0.2) is 0 Å². The Balaban J connectivity index is 2.83. The van der Waals surface area contributed by atoms with Crippen LogP contribution in [0.1, 0.15) is 34.0 Å². The molecule has 0 radical (unpaired) electrons. The molecule has 0 aliphatic carbocycles. The van der Waals surface area contributed by atoms with E-state index in [1.807, 2.05) is 24.8 Å². The molecule has 0 aliphatic heterocycles. The number of ether oxygens (including phenoxy) is 1. The Kier molecular flexibility index (Phi) is 5.82. The lowest BCUT2D eigenvalue weighted by Crippen LogP contribution is -2.36. The maximum absolute atomic E-state index is 12.5. The lowest BCUT2D eigenvalue weighted by Gasteiger charge is -2.24. The first kappa shape index (κ1) is 15.2. The normalized spacial score (nSPS) is 11.0. The lowest BCUT2D eigenvalue weighted by molar-refractivity contribution is 0.0672. The second kappa shape index (κ2) is 6.90. The molecule has 102 valence electrons. The van der Waals surface area contributed by atoms with Gasteiger partial charge in [0.15, 0.2) is 0 Å². The first-order valence-electron chi connectivity index (χ1n) is 6.31. The maximum Gasteiger partial charge on any atom is 0.255 e. The summed E-state index contributed by atoms with van der Waals surface area (Å²) >= 11 is 1.68. The van der Waals surface area contributed by atoms with Gasteiger partial charge in [-0.15, -0.1) is 11.3 Å². The van der Waals surface area contributed by atoms with Gasteiger partial charge in [-0.2, -0.15) is 0 Å². The van der Waals surface area contributed by atoms with Crippen LogP contribution in [-0.2, 0) is 4.74 Å². The summed E-state index contributed by atoms with van der Waals surface area (Å²) in [6.45, 7) is 10.3. The first-order chi connectivity index (χ1) is 8.45. The molecule has 1 heterocycles. The van der Waals surface area contributed by atoms with E-state index in [0.29, 0.717) is 19.1 Å². The maximum atomic E-state index is 12.5. The predicted octanol–water partition coefficient (Wildman–Crippen LogP) is 3.11. The number of rotatable bonds is 6. The van der Waals surface area contributed by atoms with Crippen LogP contribution < -0.4 is 0 Å². The topological polar surface area (TPSA) is 29.5 Å². The highest BCUT2D eigenvalue weighted by molar-refractivity contribution is 7.12. The highest BCUT2D eigenvalue weighted by Gasteiger charge is 2.19. The van der Waals surface area contributed by atoms with Crippen molar-refractivity contribution in [1.29, 1.82) is 0 Å². The Bertz CT molecular complexity index is 398. The molecule has 0 N–H and O–H groups in total. The number of nitrogens with zero attached hydrogens (tertiary/aromatic N) is 1. The second-order valence-electron chi connectivity index (χ2n) is 4.96. The molecule has 0 atom stereocenters. The average molecular weight is 269 g/mol. The van der Waals surface area contributed by atoms with Gasteiger partial charge in [0, 0.05) is 30.0 Å². The third-order valence-corrected chi connectivity index (χ3v) is 3.68. The van der Waals surface area contributed by atoms with Crippen molar-refractivity contribution >= 4 is 17.2 Å². The Hall–Kier alpha value is -0.870. The molecule has 1 aromatic rings. The summed E-state index contributed by atoms with van der Waals surface area (Å²) in [5.74, 6) is 0.591. The van der Waals surface area contributed by atoms with Gasteiger partial charge < -0.3 is 9.64 Å².